The lowest BCUT2D eigenvalue weighted by Gasteiger charge is -2.33. The van der Waals surface area contributed by atoms with Gasteiger partial charge in [-0.15, -0.1) is 0 Å². The van der Waals surface area contributed by atoms with E-state index in [1.165, 1.54) is 23.3 Å². The molecule has 136 valence electrons. The summed E-state index contributed by atoms with van der Waals surface area (Å²) in [6, 6.07) is 7.80. The molecule has 9 heteroatoms. The van der Waals surface area contributed by atoms with Crippen LogP contribution in [0, 0.1) is 0 Å². The summed E-state index contributed by atoms with van der Waals surface area (Å²) in [6.45, 7) is 1.14. The maximum atomic E-state index is 12.3. The summed E-state index contributed by atoms with van der Waals surface area (Å²) < 4.78 is 5.09. The van der Waals surface area contributed by atoms with Gasteiger partial charge in [-0.2, -0.15) is 0 Å². The topological polar surface area (TPSA) is 82.9 Å². The molecule has 2 aromatic rings. The van der Waals surface area contributed by atoms with Crippen LogP contribution in [0.5, 0.6) is 0 Å². The Hall–Kier alpha value is -2.51. The molecule has 1 aromatic heterocycles. The SMILES string of the molecule is O=C(Nc1cc(Cl)ccc1Cl)C(=O)N1CCN(C(=O)c2ccco2)CC1. The quantitative estimate of drug-likeness (QED) is 0.791. The number of anilines is 1. The molecule has 0 radical (unpaired) electrons. The van der Waals surface area contributed by atoms with E-state index in [9.17, 15) is 14.4 Å². The van der Waals surface area contributed by atoms with E-state index in [1.54, 1.807) is 23.1 Å². The fraction of sp³-hybridized carbons (Fsp3) is 0.235. The van der Waals surface area contributed by atoms with Gasteiger partial charge in [0, 0.05) is 31.2 Å². The molecule has 0 aliphatic carbocycles. The maximum absolute atomic E-state index is 12.3. The van der Waals surface area contributed by atoms with Gasteiger partial charge < -0.3 is 19.5 Å². The minimum atomic E-state index is -0.806. The van der Waals surface area contributed by atoms with Gasteiger partial charge in [0.15, 0.2) is 5.76 Å². The van der Waals surface area contributed by atoms with Gasteiger partial charge in [-0.25, -0.2) is 0 Å². The van der Waals surface area contributed by atoms with Crippen LogP contribution in [-0.2, 0) is 9.59 Å². The third kappa shape index (κ3) is 4.00. The Morgan fingerprint density at radius 2 is 1.69 bits per heavy atom. The van der Waals surface area contributed by atoms with Crippen LogP contribution >= 0.6 is 23.2 Å². The van der Waals surface area contributed by atoms with Crippen molar-refractivity contribution in [1.82, 2.24) is 9.80 Å². The molecule has 0 atom stereocenters. The first-order valence-electron chi connectivity index (χ1n) is 7.84. The molecule has 26 heavy (non-hydrogen) atoms. The Balaban J connectivity index is 1.57. The number of hydrogen-bond donors (Lipinski definition) is 1. The summed E-state index contributed by atoms with van der Waals surface area (Å²) in [5, 5.41) is 3.14. The fourth-order valence-corrected chi connectivity index (χ4v) is 2.92. The van der Waals surface area contributed by atoms with Crippen LogP contribution in [0.4, 0.5) is 5.69 Å². The Morgan fingerprint density at radius 1 is 1.00 bits per heavy atom. The van der Waals surface area contributed by atoms with Crippen molar-refractivity contribution in [1.29, 1.82) is 0 Å². The zero-order valence-electron chi connectivity index (χ0n) is 13.6. The van der Waals surface area contributed by atoms with Crippen molar-refractivity contribution in [3.8, 4) is 0 Å². The second kappa shape index (κ2) is 7.80. The number of nitrogens with one attached hydrogen (secondary N) is 1. The zero-order chi connectivity index (χ0) is 18.7. The van der Waals surface area contributed by atoms with Gasteiger partial charge in [-0.1, -0.05) is 23.2 Å². The molecule has 0 spiro atoms. The van der Waals surface area contributed by atoms with Gasteiger partial charge in [0.1, 0.15) is 0 Å². The van der Waals surface area contributed by atoms with Crippen LogP contribution in [0.3, 0.4) is 0 Å². The van der Waals surface area contributed by atoms with E-state index in [2.05, 4.69) is 5.32 Å². The number of amides is 3. The molecule has 1 aliphatic heterocycles. The molecule has 3 rings (SSSR count). The molecular weight excluding hydrogens is 381 g/mol. The highest BCUT2D eigenvalue weighted by Gasteiger charge is 2.29. The lowest BCUT2D eigenvalue weighted by Crippen LogP contribution is -2.52. The van der Waals surface area contributed by atoms with E-state index in [0.717, 1.165) is 0 Å². The van der Waals surface area contributed by atoms with Gasteiger partial charge in [-0.3, -0.25) is 14.4 Å². The second-order valence-electron chi connectivity index (χ2n) is 5.64. The third-order valence-corrected chi connectivity index (χ3v) is 4.52. The van der Waals surface area contributed by atoms with E-state index in [1.807, 2.05) is 0 Å². The predicted molar refractivity (Wildman–Crippen MR) is 96.3 cm³/mol. The molecule has 0 bridgehead atoms. The first-order valence-corrected chi connectivity index (χ1v) is 8.59. The molecule has 0 saturated carbocycles. The smallest absolute Gasteiger partial charge is 0.313 e. The van der Waals surface area contributed by atoms with Crippen LogP contribution in [0.2, 0.25) is 10.0 Å². The number of nitrogens with zero attached hydrogens (tertiary/aromatic N) is 2. The van der Waals surface area contributed by atoms with Crippen molar-refractivity contribution in [3.63, 3.8) is 0 Å². The molecule has 1 fully saturated rings. The van der Waals surface area contributed by atoms with Crippen molar-refractivity contribution in [2.75, 3.05) is 31.5 Å². The number of hydrogen-bond acceptors (Lipinski definition) is 4. The average Bonchev–Trinajstić information content (AvgIpc) is 3.18. The molecule has 1 aromatic carbocycles. The predicted octanol–water partition coefficient (Wildman–Crippen LogP) is 2.51. The zero-order valence-corrected chi connectivity index (χ0v) is 15.1. The van der Waals surface area contributed by atoms with Crippen LogP contribution in [0.25, 0.3) is 0 Å². The van der Waals surface area contributed by atoms with E-state index in [0.29, 0.717) is 18.1 Å². The highest BCUT2D eigenvalue weighted by molar-refractivity contribution is 6.42. The fourth-order valence-electron chi connectivity index (χ4n) is 2.58. The second-order valence-corrected chi connectivity index (χ2v) is 6.48. The van der Waals surface area contributed by atoms with Crippen molar-refractivity contribution in [3.05, 3.63) is 52.4 Å². The number of carbonyl (C=O) groups is 3. The normalized spacial score (nSPS) is 14.2. The Morgan fingerprint density at radius 3 is 2.35 bits per heavy atom. The molecular formula is C17H15Cl2N3O4. The van der Waals surface area contributed by atoms with Crippen LogP contribution in [-0.4, -0.2) is 53.7 Å². The standard InChI is InChI=1S/C17H15Cl2N3O4/c18-11-3-4-12(19)13(10-11)20-15(23)17(25)22-7-5-21(6-8-22)16(24)14-2-1-9-26-14/h1-4,9-10H,5-8H2,(H,20,23). The van der Waals surface area contributed by atoms with E-state index in [-0.39, 0.29) is 35.5 Å². The number of halogens is 2. The summed E-state index contributed by atoms with van der Waals surface area (Å²) in [4.78, 5) is 39.7. The molecule has 1 aliphatic rings. The number of piperazine rings is 1. The summed E-state index contributed by atoms with van der Waals surface area (Å²) in [7, 11) is 0. The van der Waals surface area contributed by atoms with Gasteiger partial charge in [0.25, 0.3) is 5.91 Å². The highest BCUT2D eigenvalue weighted by Crippen LogP contribution is 2.25. The maximum Gasteiger partial charge on any atom is 0.313 e. The summed E-state index contributed by atoms with van der Waals surface area (Å²) >= 11 is 11.8. The average molecular weight is 396 g/mol. The molecule has 0 unspecified atom stereocenters. The first-order chi connectivity index (χ1) is 12.5. The molecule has 7 nitrogen and oxygen atoms in total. The minimum Gasteiger partial charge on any atom is -0.459 e. The van der Waals surface area contributed by atoms with Crippen molar-refractivity contribution >= 4 is 46.6 Å². The number of benzene rings is 1. The lowest BCUT2D eigenvalue weighted by molar-refractivity contribution is -0.144. The minimum absolute atomic E-state index is 0.239. The number of carbonyl (C=O) groups excluding carboxylic acids is 3. The summed E-state index contributed by atoms with van der Waals surface area (Å²) in [6.07, 6.45) is 1.43. The number of rotatable bonds is 2. The molecule has 1 N–H and O–H groups in total. The van der Waals surface area contributed by atoms with Crippen molar-refractivity contribution < 1.29 is 18.8 Å². The van der Waals surface area contributed by atoms with Crippen LogP contribution in [0.1, 0.15) is 10.6 Å². The van der Waals surface area contributed by atoms with E-state index in [4.69, 9.17) is 27.6 Å². The van der Waals surface area contributed by atoms with E-state index < -0.39 is 11.8 Å². The van der Waals surface area contributed by atoms with Gasteiger partial charge >= 0.3 is 11.8 Å². The Labute approximate surface area is 159 Å². The third-order valence-electron chi connectivity index (χ3n) is 3.96. The van der Waals surface area contributed by atoms with Gasteiger partial charge in [0.2, 0.25) is 0 Å². The molecule has 3 amide bonds. The largest absolute Gasteiger partial charge is 0.459 e. The van der Waals surface area contributed by atoms with Crippen LogP contribution < -0.4 is 5.32 Å². The number of furan rings is 1. The Kier molecular flexibility index (Phi) is 5.49. The van der Waals surface area contributed by atoms with Crippen molar-refractivity contribution in [2.24, 2.45) is 0 Å². The molecule has 1 saturated heterocycles. The first kappa shape index (κ1) is 18.3. The lowest BCUT2D eigenvalue weighted by atomic mass is 10.2. The summed E-state index contributed by atoms with van der Waals surface area (Å²) in [5.41, 5.74) is 0.268. The van der Waals surface area contributed by atoms with Gasteiger partial charge in [-0.05, 0) is 30.3 Å². The summed E-state index contributed by atoms with van der Waals surface area (Å²) in [5.74, 6) is -1.48. The molecule has 2 heterocycles. The Bertz CT molecular complexity index is 831. The van der Waals surface area contributed by atoms with Gasteiger partial charge in [0.05, 0.1) is 17.0 Å². The van der Waals surface area contributed by atoms with E-state index >= 15 is 0 Å². The van der Waals surface area contributed by atoms with Crippen molar-refractivity contribution in [2.45, 2.75) is 0 Å². The van der Waals surface area contributed by atoms with Crippen LogP contribution in [0.15, 0.2) is 41.0 Å². The monoisotopic (exact) mass is 395 g/mol. The highest BCUT2D eigenvalue weighted by atomic mass is 35.5.